The molecule has 0 fully saturated rings. The average molecular weight is 559 g/mol. The van der Waals surface area contributed by atoms with Crippen molar-refractivity contribution in [2.24, 2.45) is 0 Å². The minimum absolute atomic E-state index is 0.0128. The van der Waals surface area contributed by atoms with Gasteiger partial charge in [0.2, 0.25) is 21.8 Å². The smallest absolute Gasteiger partial charge is 0.244 e. The summed E-state index contributed by atoms with van der Waals surface area (Å²) >= 11 is 12.5. The van der Waals surface area contributed by atoms with Gasteiger partial charge in [-0.3, -0.25) is 13.9 Å². The maximum Gasteiger partial charge on any atom is 0.244 e. The Bertz CT molecular complexity index is 1200. The van der Waals surface area contributed by atoms with Crippen LogP contribution in [0.25, 0.3) is 0 Å². The highest BCUT2D eigenvalue weighted by Crippen LogP contribution is 2.33. The summed E-state index contributed by atoms with van der Waals surface area (Å²) in [5.41, 5.74) is 0.211. The van der Waals surface area contributed by atoms with Crippen LogP contribution in [-0.2, 0) is 26.2 Å². The number of benzene rings is 2. The van der Waals surface area contributed by atoms with Crippen LogP contribution in [0, 0.1) is 0 Å². The Balaban J connectivity index is 2.55. The molecule has 0 saturated heterocycles. The van der Waals surface area contributed by atoms with Crippen LogP contribution in [0.2, 0.25) is 10.0 Å². The molecule has 0 saturated carbocycles. The Kier molecular flexibility index (Phi) is 10.0. The molecule has 1 atom stereocenters. The third-order valence-corrected chi connectivity index (χ3v) is 7.00. The number of hydrogen-bond donors (Lipinski definition) is 1. The van der Waals surface area contributed by atoms with Gasteiger partial charge in [0.25, 0.3) is 0 Å². The van der Waals surface area contributed by atoms with Gasteiger partial charge in [-0.15, -0.1) is 0 Å². The first-order valence-electron chi connectivity index (χ1n) is 11.3. The summed E-state index contributed by atoms with van der Waals surface area (Å²) in [5.74, 6) is -0.706. The lowest BCUT2D eigenvalue weighted by molar-refractivity contribution is -0.141. The first kappa shape index (κ1) is 29.7. The van der Waals surface area contributed by atoms with Crippen LogP contribution in [0.5, 0.6) is 5.75 Å². The molecule has 0 bridgehead atoms. The third-order valence-electron chi connectivity index (χ3n) is 5.27. The number of amides is 2. The molecule has 0 aromatic heterocycles. The van der Waals surface area contributed by atoms with Crippen molar-refractivity contribution in [3.05, 3.63) is 58.1 Å². The maximum absolute atomic E-state index is 13.8. The van der Waals surface area contributed by atoms with Crippen molar-refractivity contribution in [3.8, 4) is 5.75 Å². The zero-order chi connectivity index (χ0) is 27.3. The highest BCUT2D eigenvalue weighted by Gasteiger charge is 2.34. The molecular weight excluding hydrogens is 525 g/mol. The van der Waals surface area contributed by atoms with Gasteiger partial charge in [-0.2, -0.15) is 0 Å². The molecule has 1 N–H and O–H groups in total. The van der Waals surface area contributed by atoms with E-state index in [2.05, 4.69) is 5.32 Å². The molecule has 2 rings (SSSR count). The van der Waals surface area contributed by atoms with Crippen molar-refractivity contribution in [3.63, 3.8) is 0 Å². The zero-order valence-corrected chi connectivity index (χ0v) is 23.7. The number of hydrogen-bond acceptors (Lipinski definition) is 5. The Morgan fingerprint density at radius 2 is 1.75 bits per heavy atom. The molecule has 36 heavy (non-hydrogen) atoms. The largest absolute Gasteiger partial charge is 0.495 e. The zero-order valence-electron chi connectivity index (χ0n) is 21.3. The molecule has 198 valence electrons. The fourth-order valence-corrected chi connectivity index (χ4v) is 4.84. The number of carbonyl (C=O) groups excluding carboxylic acids is 2. The number of rotatable bonds is 10. The molecule has 2 aromatic carbocycles. The normalized spacial score (nSPS) is 12.6. The Morgan fingerprint density at radius 1 is 1.11 bits per heavy atom. The highest BCUT2D eigenvalue weighted by atomic mass is 35.5. The second-order valence-electron chi connectivity index (χ2n) is 9.36. The standard InChI is InChI=1S/C25H33Cl2N3O5S/c1-7-20(24(32)28-25(2,3)4)29(15-17-10-8-9-11-19(17)27)23(31)16-30(36(6,33)34)21-14-18(26)12-13-22(21)35-5/h8-14,20H,7,15-16H2,1-6H3,(H,28,32). The van der Waals surface area contributed by atoms with Gasteiger partial charge in [0.15, 0.2) is 0 Å². The molecule has 0 aliphatic carbocycles. The lowest BCUT2D eigenvalue weighted by atomic mass is 10.1. The predicted octanol–water partition coefficient (Wildman–Crippen LogP) is 4.49. The Hall–Kier alpha value is -2.49. The monoisotopic (exact) mass is 557 g/mol. The molecule has 0 radical (unpaired) electrons. The minimum atomic E-state index is -3.94. The van der Waals surface area contributed by atoms with Crippen molar-refractivity contribution in [2.75, 3.05) is 24.2 Å². The van der Waals surface area contributed by atoms with Crippen LogP contribution in [0.1, 0.15) is 39.7 Å². The lowest BCUT2D eigenvalue weighted by Gasteiger charge is -2.34. The summed E-state index contributed by atoms with van der Waals surface area (Å²) in [6, 6.07) is 10.6. The maximum atomic E-state index is 13.8. The number of ether oxygens (including phenoxy) is 1. The van der Waals surface area contributed by atoms with Gasteiger partial charge in [-0.1, -0.05) is 48.3 Å². The van der Waals surface area contributed by atoms with Gasteiger partial charge in [-0.25, -0.2) is 8.42 Å². The molecule has 8 nitrogen and oxygen atoms in total. The lowest BCUT2D eigenvalue weighted by Crippen LogP contribution is -2.55. The van der Waals surface area contributed by atoms with Gasteiger partial charge in [0.1, 0.15) is 18.3 Å². The van der Waals surface area contributed by atoms with E-state index in [1.165, 1.54) is 24.1 Å². The van der Waals surface area contributed by atoms with Gasteiger partial charge in [0, 0.05) is 22.1 Å². The Morgan fingerprint density at radius 3 is 2.28 bits per heavy atom. The molecule has 2 amide bonds. The molecule has 0 spiro atoms. The topological polar surface area (TPSA) is 96.0 Å². The van der Waals surface area contributed by atoms with Crippen LogP contribution in [0.4, 0.5) is 5.69 Å². The number of anilines is 1. The number of sulfonamides is 1. The second kappa shape index (κ2) is 12.2. The van der Waals surface area contributed by atoms with Crippen molar-refractivity contribution in [1.29, 1.82) is 0 Å². The number of carbonyl (C=O) groups is 2. The van der Waals surface area contributed by atoms with E-state index in [1.807, 2.05) is 20.8 Å². The second-order valence-corrected chi connectivity index (χ2v) is 12.1. The van der Waals surface area contributed by atoms with E-state index in [0.29, 0.717) is 17.0 Å². The van der Waals surface area contributed by atoms with Crippen molar-refractivity contribution in [2.45, 2.75) is 52.2 Å². The summed E-state index contributed by atoms with van der Waals surface area (Å²) in [4.78, 5) is 28.3. The van der Waals surface area contributed by atoms with Crippen LogP contribution in [0.3, 0.4) is 0 Å². The summed E-state index contributed by atoms with van der Waals surface area (Å²) < 4.78 is 31.8. The molecule has 11 heteroatoms. The molecule has 0 heterocycles. The first-order chi connectivity index (χ1) is 16.7. The molecule has 0 aliphatic heterocycles. The van der Waals surface area contributed by atoms with E-state index < -0.39 is 34.1 Å². The molecular formula is C25H33Cl2N3O5S. The summed E-state index contributed by atoms with van der Waals surface area (Å²) in [6.07, 6.45) is 1.29. The van der Waals surface area contributed by atoms with Gasteiger partial charge in [0.05, 0.1) is 19.1 Å². The first-order valence-corrected chi connectivity index (χ1v) is 13.9. The van der Waals surface area contributed by atoms with Crippen LogP contribution in [-0.4, -0.2) is 56.6 Å². The predicted molar refractivity (Wildman–Crippen MR) is 144 cm³/mol. The van der Waals surface area contributed by atoms with E-state index in [9.17, 15) is 18.0 Å². The fraction of sp³-hybridized carbons (Fsp3) is 0.440. The van der Waals surface area contributed by atoms with Crippen molar-refractivity contribution < 1.29 is 22.7 Å². The average Bonchev–Trinajstić information content (AvgIpc) is 2.76. The van der Waals surface area contributed by atoms with E-state index in [4.69, 9.17) is 27.9 Å². The summed E-state index contributed by atoms with van der Waals surface area (Å²) in [5, 5.41) is 3.61. The van der Waals surface area contributed by atoms with Crippen LogP contribution in [0.15, 0.2) is 42.5 Å². The van der Waals surface area contributed by atoms with E-state index >= 15 is 0 Å². The molecule has 0 aliphatic rings. The number of nitrogens with zero attached hydrogens (tertiary/aromatic N) is 2. The van der Waals surface area contributed by atoms with E-state index in [-0.39, 0.29) is 28.9 Å². The summed E-state index contributed by atoms with van der Waals surface area (Å²) in [6.45, 7) is 6.75. The minimum Gasteiger partial charge on any atom is -0.495 e. The van der Waals surface area contributed by atoms with Crippen LogP contribution < -0.4 is 14.4 Å². The quantitative estimate of drug-likeness (QED) is 0.464. The van der Waals surface area contributed by atoms with Gasteiger partial charge in [-0.05, 0) is 57.0 Å². The van der Waals surface area contributed by atoms with Gasteiger partial charge >= 0.3 is 0 Å². The Labute approximate surface area is 223 Å². The highest BCUT2D eigenvalue weighted by molar-refractivity contribution is 7.92. The SMILES string of the molecule is CCC(C(=O)NC(C)(C)C)N(Cc1ccccc1Cl)C(=O)CN(c1cc(Cl)ccc1OC)S(C)(=O)=O. The van der Waals surface area contributed by atoms with Crippen molar-refractivity contribution in [1.82, 2.24) is 10.2 Å². The van der Waals surface area contributed by atoms with E-state index in [1.54, 1.807) is 37.3 Å². The van der Waals surface area contributed by atoms with Crippen LogP contribution >= 0.6 is 23.2 Å². The fourth-order valence-electron chi connectivity index (χ4n) is 3.64. The number of methoxy groups -OCH3 is 1. The number of nitrogens with one attached hydrogen (secondary N) is 1. The third kappa shape index (κ3) is 8.01. The van der Waals surface area contributed by atoms with Crippen molar-refractivity contribution >= 4 is 50.7 Å². The summed E-state index contributed by atoms with van der Waals surface area (Å²) in [7, 11) is -2.55. The van der Waals surface area contributed by atoms with Gasteiger partial charge < -0.3 is 15.0 Å². The number of halogens is 2. The molecule has 1 unspecified atom stereocenters. The molecule has 2 aromatic rings. The van der Waals surface area contributed by atoms with E-state index in [0.717, 1.165) is 10.6 Å².